The molecule has 9 heteroatoms. The Balaban J connectivity index is 1.54. The average molecular weight is 441 g/mol. The van der Waals surface area contributed by atoms with Crippen LogP contribution >= 0.6 is 11.6 Å². The Morgan fingerprint density at radius 3 is 2.74 bits per heavy atom. The molecule has 1 saturated heterocycles. The topological polar surface area (TPSA) is 80.3 Å². The van der Waals surface area contributed by atoms with Crippen LogP contribution in [0.3, 0.4) is 0 Å². The minimum absolute atomic E-state index is 0.0486. The van der Waals surface area contributed by atoms with E-state index in [1.165, 1.54) is 0 Å². The smallest absolute Gasteiger partial charge is 0.268 e. The van der Waals surface area contributed by atoms with Gasteiger partial charge in [0.05, 0.1) is 34.6 Å². The molecule has 5 rings (SSSR count). The Morgan fingerprint density at radius 2 is 2.03 bits per heavy atom. The van der Waals surface area contributed by atoms with Gasteiger partial charge in [-0.15, -0.1) is 10.2 Å². The zero-order valence-corrected chi connectivity index (χ0v) is 18.5. The van der Waals surface area contributed by atoms with Gasteiger partial charge in [-0.3, -0.25) is 14.3 Å². The molecule has 2 aliphatic rings. The number of carbonyl (C=O) groups excluding carboxylic acids is 1. The van der Waals surface area contributed by atoms with E-state index in [4.69, 9.17) is 16.0 Å². The average Bonchev–Trinajstić information content (AvgIpc) is 3.33. The Kier molecular flexibility index (Phi) is 5.27. The first-order valence-electron chi connectivity index (χ1n) is 10.8. The van der Waals surface area contributed by atoms with Crippen molar-refractivity contribution in [2.45, 2.75) is 45.7 Å². The van der Waals surface area contributed by atoms with Crippen LogP contribution in [-0.2, 0) is 6.54 Å². The van der Waals surface area contributed by atoms with Crippen LogP contribution in [0.25, 0.3) is 17.3 Å². The van der Waals surface area contributed by atoms with E-state index in [1.54, 1.807) is 12.4 Å². The van der Waals surface area contributed by atoms with E-state index in [2.05, 4.69) is 33.9 Å². The second-order valence-corrected chi connectivity index (χ2v) is 8.47. The van der Waals surface area contributed by atoms with Crippen molar-refractivity contribution in [2.24, 2.45) is 0 Å². The molecule has 0 unspecified atom stereocenters. The molecule has 0 saturated carbocycles. The molecule has 1 aromatic carbocycles. The van der Waals surface area contributed by atoms with Crippen molar-refractivity contribution in [1.82, 2.24) is 29.5 Å². The number of imidazole rings is 1. The zero-order chi connectivity index (χ0) is 21.5. The summed E-state index contributed by atoms with van der Waals surface area (Å²) in [5, 5.41) is 9.02. The van der Waals surface area contributed by atoms with Crippen molar-refractivity contribution in [3.8, 4) is 17.3 Å². The normalized spacial score (nSPS) is 17.2. The van der Waals surface area contributed by atoms with Crippen molar-refractivity contribution in [3.05, 3.63) is 46.7 Å². The fourth-order valence-corrected chi connectivity index (χ4v) is 4.77. The van der Waals surface area contributed by atoms with E-state index in [0.29, 0.717) is 41.2 Å². The van der Waals surface area contributed by atoms with Crippen LogP contribution in [-0.4, -0.2) is 55.1 Å². The molecule has 1 atom stereocenters. The second-order valence-electron chi connectivity index (χ2n) is 8.06. The molecule has 162 valence electrons. The van der Waals surface area contributed by atoms with Gasteiger partial charge in [0.15, 0.2) is 5.69 Å². The minimum Gasteiger partial charge on any atom is -0.418 e. The summed E-state index contributed by atoms with van der Waals surface area (Å²) in [4.78, 5) is 21.9. The molecule has 1 fully saturated rings. The molecule has 0 spiro atoms. The molecular formula is C22H25ClN6O2. The van der Waals surface area contributed by atoms with E-state index in [-0.39, 0.29) is 11.9 Å². The predicted molar refractivity (Wildman–Crippen MR) is 116 cm³/mol. The van der Waals surface area contributed by atoms with Gasteiger partial charge in [0, 0.05) is 6.54 Å². The predicted octanol–water partition coefficient (Wildman–Crippen LogP) is 4.10. The number of aromatic nitrogens is 4. The largest absolute Gasteiger partial charge is 0.418 e. The Morgan fingerprint density at radius 1 is 1.23 bits per heavy atom. The fraction of sp³-hybridized carbons (Fsp3) is 0.455. The summed E-state index contributed by atoms with van der Waals surface area (Å²) in [6.07, 6.45) is 4.73. The van der Waals surface area contributed by atoms with Crippen molar-refractivity contribution in [2.75, 3.05) is 19.6 Å². The maximum atomic E-state index is 13.1. The SMILES string of the molecule is CCCN(CCC)Cc1nnc(-c2ncn3c2[C@@H]2CCN2C(=O)c2c(Cl)cccc2-3)o1. The van der Waals surface area contributed by atoms with Crippen LogP contribution < -0.4 is 0 Å². The van der Waals surface area contributed by atoms with Crippen LogP contribution in [0.2, 0.25) is 5.02 Å². The summed E-state index contributed by atoms with van der Waals surface area (Å²) >= 11 is 6.41. The third-order valence-corrected chi connectivity index (χ3v) is 6.29. The number of halogens is 1. The summed E-state index contributed by atoms with van der Waals surface area (Å²) < 4.78 is 7.98. The monoisotopic (exact) mass is 440 g/mol. The van der Waals surface area contributed by atoms with Crippen LogP contribution in [0.15, 0.2) is 28.9 Å². The van der Waals surface area contributed by atoms with Gasteiger partial charge in [0.25, 0.3) is 11.8 Å². The highest BCUT2D eigenvalue weighted by molar-refractivity contribution is 6.34. The molecule has 2 aromatic heterocycles. The van der Waals surface area contributed by atoms with E-state index >= 15 is 0 Å². The van der Waals surface area contributed by atoms with Crippen molar-refractivity contribution in [3.63, 3.8) is 0 Å². The van der Waals surface area contributed by atoms with Gasteiger partial charge in [0.1, 0.15) is 6.33 Å². The van der Waals surface area contributed by atoms with Crippen molar-refractivity contribution < 1.29 is 9.21 Å². The van der Waals surface area contributed by atoms with Crippen molar-refractivity contribution in [1.29, 1.82) is 0 Å². The third-order valence-electron chi connectivity index (χ3n) is 5.97. The van der Waals surface area contributed by atoms with Gasteiger partial charge < -0.3 is 9.32 Å². The Hall–Kier alpha value is -2.71. The summed E-state index contributed by atoms with van der Waals surface area (Å²) in [6.45, 7) is 7.62. The molecule has 0 aliphatic carbocycles. The molecular weight excluding hydrogens is 416 g/mol. The van der Waals surface area contributed by atoms with Crippen molar-refractivity contribution >= 4 is 17.5 Å². The molecule has 31 heavy (non-hydrogen) atoms. The first-order valence-corrected chi connectivity index (χ1v) is 11.2. The lowest BCUT2D eigenvalue weighted by Gasteiger charge is -2.39. The van der Waals surface area contributed by atoms with Crippen LogP contribution in [0, 0.1) is 0 Å². The quantitative estimate of drug-likeness (QED) is 0.550. The maximum absolute atomic E-state index is 13.1. The summed E-state index contributed by atoms with van der Waals surface area (Å²) in [6, 6.07) is 5.41. The fourth-order valence-electron chi connectivity index (χ4n) is 4.52. The first kappa shape index (κ1) is 20.2. The van der Waals surface area contributed by atoms with E-state index in [1.807, 2.05) is 21.6 Å². The van der Waals surface area contributed by atoms with Crippen LogP contribution in [0.5, 0.6) is 0 Å². The van der Waals surface area contributed by atoms with E-state index < -0.39 is 0 Å². The number of fused-ring (bicyclic) bond motifs is 5. The Labute approximate surface area is 185 Å². The van der Waals surface area contributed by atoms with Crippen LogP contribution in [0.4, 0.5) is 0 Å². The molecule has 1 amide bonds. The van der Waals surface area contributed by atoms with Gasteiger partial charge >= 0.3 is 0 Å². The maximum Gasteiger partial charge on any atom is 0.268 e. The van der Waals surface area contributed by atoms with Gasteiger partial charge in [-0.1, -0.05) is 31.5 Å². The third kappa shape index (κ3) is 3.34. The number of rotatable bonds is 7. The Bertz CT molecular complexity index is 1120. The first-order chi connectivity index (χ1) is 15.1. The second kappa shape index (κ2) is 8.09. The number of carbonyl (C=O) groups is 1. The highest BCUT2D eigenvalue weighted by atomic mass is 35.5. The van der Waals surface area contributed by atoms with Gasteiger partial charge in [-0.25, -0.2) is 4.98 Å². The summed E-state index contributed by atoms with van der Waals surface area (Å²) in [5.41, 5.74) is 2.77. The number of amides is 1. The van der Waals surface area contributed by atoms with E-state index in [0.717, 1.165) is 43.7 Å². The lowest BCUT2D eigenvalue weighted by atomic mass is 9.97. The standard InChI is InChI=1S/C22H25ClN6O2/c1-3-9-27(10-4-2)12-17-25-26-21(31-17)19-20-16-8-11-28(16)22(30)18-14(23)6-5-7-15(18)29(20)13-24-19/h5-7,13,16H,3-4,8-12H2,1-2H3/t16-/m0/s1. The van der Waals surface area contributed by atoms with Gasteiger partial charge in [0.2, 0.25) is 5.89 Å². The number of nitrogens with zero attached hydrogens (tertiary/aromatic N) is 6. The lowest BCUT2D eigenvalue weighted by Crippen LogP contribution is -2.44. The molecule has 4 heterocycles. The zero-order valence-electron chi connectivity index (χ0n) is 17.7. The van der Waals surface area contributed by atoms with Gasteiger partial charge in [-0.2, -0.15) is 0 Å². The van der Waals surface area contributed by atoms with Crippen LogP contribution in [0.1, 0.15) is 61.1 Å². The lowest BCUT2D eigenvalue weighted by molar-refractivity contribution is 0.0461. The molecule has 2 aliphatic heterocycles. The number of hydrogen-bond donors (Lipinski definition) is 0. The molecule has 8 nitrogen and oxygen atoms in total. The summed E-state index contributed by atoms with van der Waals surface area (Å²) in [5.74, 6) is 0.922. The number of hydrogen-bond acceptors (Lipinski definition) is 6. The minimum atomic E-state index is -0.0829. The van der Waals surface area contributed by atoms with Gasteiger partial charge in [-0.05, 0) is 44.5 Å². The highest BCUT2D eigenvalue weighted by Gasteiger charge is 2.43. The molecule has 0 bridgehead atoms. The summed E-state index contributed by atoms with van der Waals surface area (Å²) in [7, 11) is 0. The van der Waals surface area contributed by atoms with E-state index in [9.17, 15) is 4.79 Å². The molecule has 3 aromatic rings. The molecule has 0 radical (unpaired) electrons. The number of benzene rings is 1. The highest BCUT2D eigenvalue weighted by Crippen LogP contribution is 2.44. The molecule has 0 N–H and O–H groups in total.